The molecule has 1 saturated heterocycles. The zero-order chi connectivity index (χ0) is 12.2. The lowest BCUT2D eigenvalue weighted by Gasteiger charge is -2.39. The van der Waals surface area contributed by atoms with E-state index < -0.39 is 0 Å². The van der Waals surface area contributed by atoms with Gasteiger partial charge in [-0.1, -0.05) is 25.5 Å². The Hall–Kier alpha value is -1.12. The molecule has 0 aromatic heterocycles. The normalized spacial score (nSPS) is 40.1. The maximum Gasteiger partial charge on any atom is 0.310 e. The minimum atomic E-state index is -0.183. The van der Waals surface area contributed by atoms with Gasteiger partial charge in [-0.15, -0.1) is 0 Å². The summed E-state index contributed by atoms with van der Waals surface area (Å²) < 4.78 is 5.47. The third-order valence-electron chi connectivity index (χ3n) is 4.70. The van der Waals surface area contributed by atoms with E-state index in [9.17, 15) is 9.59 Å². The van der Waals surface area contributed by atoms with Gasteiger partial charge in [0, 0.05) is 18.3 Å². The molecule has 0 aromatic carbocycles. The lowest BCUT2D eigenvalue weighted by atomic mass is 9.62. The summed E-state index contributed by atoms with van der Waals surface area (Å²) in [5.74, 6) is 0.573. The van der Waals surface area contributed by atoms with Crippen LogP contribution >= 0.6 is 0 Å². The fourth-order valence-electron chi connectivity index (χ4n) is 4.02. The largest absolute Gasteiger partial charge is 0.461 e. The maximum absolute atomic E-state index is 11.9. The Morgan fingerprint density at radius 2 is 2.18 bits per heavy atom. The molecule has 0 unspecified atom stereocenters. The number of carbonyl (C=O) groups is 2. The smallest absolute Gasteiger partial charge is 0.310 e. The number of ether oxygens (including phenoxy) is 1. The highest BCUT2D eigenvalue weighted by atomic mass is 16.6. The van der Waals surface area contributed by atoms with E-state index in [0.29, 0.717) is 18.8 Å². The topological polar surface area (TPSA) is 43.4 Å². The summed E-state index contributed by atoms with van der Waals surface area (Å²) in [6, 6.07) is 0. The zero-order valence-electron chi connectivity index (χ0n) is 10.4. The van der Waals surface area contributed by atoms with Crippen LogP contribution < -0.4 is 0 Å². The molecule has 2 fully saturated rings. The monoisotopic (exact) mass is 234 g/mol. The van der Waals surface area contributed by atoms with Crippen LogP contribution in [0.1, 0.15) is 39.5 Å². The van der Waals surface area contributed by atoms with Gasteiger partial charge in [0.1, 0.15) is 11.9 Å². The van der Waals surface area contributed by atoms with Crippen LogP contribution in [0.3, 0.4) is 0 Å². The summed E-state index contributed by atoms with van der Waals surface area (Å²) in [7, 11) is 0. The van der Waals surface area contributed by atoms with Crippen molar-refractivity contribution in [1.29, 1.82) is 0 Å². The molecule has 3 heteroatoms. The molecule has 1 heterocycles. The van der Waals surface area contributed by atoms with Gasteiger partial charge in [-0.05, 0) is 18.8 Å². The van der Waals surface area contributed by atoms with Crippen LogP contribution in [0.2, 0.25) is 0 Å². The van der Waals surface area contributed by atoms with E-state index >= 15 is 0 Å². The second-order valence-corrected chi connectivity index (χ2v) is 5.81. The lowest BCUT2D eigenvalue weighted by molar-refractivity contribution is -0.145. The van der Waals surface area contributed by atoms with Crippen LogP contribution in [0.4, 0.5) is 0 Å². The van der Waals surface area contributed by atoms with Gasteiger partial charge in [0.15, 0.2) is 0 Å². The average Bonchev–Trinajstić information content (AvgIpc) is 2.74. The van der Waals surface area contributed by atoms with E-state index in [1.807, 2.05) is 0 Å². The fourth-order valence-corrected chi connectivity index (χ4v) is 4.02. The summed E-state index contributed by atoms with van der Waals surface area (Å²) >= 11 is 0. The fraction of sp³-hybridized carbons (Fsp3) is 0.714. The first-order valence-corrected chi connectivity index (χ1v) is 6.48. The summed E-state index contributed by atoms with van der Waals surface area (Å²) in [5.41, 5.74) is 1.21. The molecule has 1 spiro atoms. The van der Waals surface area contributed by atoms with Crippen molar-refractivity contribution in [3.05, 3.63) is 11.6 Å². The van der Waals surface area contributed by atoms with Crippen LogP contribution in [0.15, 0.2) is 11.6 Å². The highest BCUT2D eigenvalue weighted by Crippen LogP contribution is 2.59. The predicted molar refractivity (Wildman–Crippen MR) is 62.2 cm³/mol. The molecule has 0 bridgehead atoms. The van der Waals surface area contributed by atoms with E-state index in [0.717, 1.165) is 12.8 Å². The molecule has 0 aromatic rings. The Labute approximate surface area is 101 Å². The molecule has 3 aliphatic rings. The molecule has 2 aliphatic carbocycles. The van der Waals surface area contributed by atoms with Gasteiger partial charge < -0.3 is 4.74 Å². The Morgan fingerprint density at radius 3 is 2.88 bits per heavy atom. The van der Waals surface area contributed by atoms with Crippen LogP contribution in [0, 0.1) is 17.3 Å². The van der Waals surface area contributed by atoms with Gasteiger partial charge in [-0.3, -0.25) is 9.59 Å². The number of esters is 1. The number of carbonyl (C=O) groups excluding carboxylic acids is 2. The van der Waals surface area contributed by atoms with Crippen molar-refractivity contribution < 1.29 is 14.3 Å². The van der Waals surface area contributed by atoms with Gasteiger partial charge in [0.05, 0.1) is 5.92 Å². The van der Waals surface area contributed by atoms with Crippen LogP contribution in [0.25, 0.3) is 0 Å². The Bertz CT molecular complexity index is 419. The first-order chi connectivity index (χ1) is 8.05. The van der Waals surface area contributed by atoms with E-state index in [-0.39, 0.29) is 29.2 Å². The Kier molecular flexibility index (Phi) is 2.22. The lowest BCUT2D eigenvalue weighted by Crippen LogP contribution is -2.42. The van der Waals surface area contributed by atoms with E-state index in [1.54, 1.807) is 0 Å². The molecule has 17 heavy (non-hydrogen) atoms. The maximum atomic E-state index is 11.9. The van der Waals surface area contributed by atoms with Gasteiger partial charge in [0.25, 0.3) is 0 Å². The number of ketones is 1. The molecule has 1 aliphatic heterocycles. The number of hydrogen-bond acceptors (Lipinski definition) is 3. The highest BCUT2D eigenvalue weighted by molar-refractivity contribution is 5.85. The van der Waals surface area contributed by atoms with E-state index in [4.69, 9.17) is 4.74 Å². The van der Waals surface area contributed by atoms with Crippen molar-refractivity contribution >= 4 is 11.8 Å². The SMILES string of the molecule is CC(C)C1=CC[C@H]2C(=O)O[C@@H]3CC(=O)CC[C@@]132. The number of hydrogen-bond donors (Lipinski definition) is 0. The van der Waals surface area contributed by atoms with E-state index in [2.05, 4.69) is 19.9 Å². The molecular weight excluding hydrogens is 216 g/mol. The molecule has 3 nitrogen and oxygen atoms in total. The van der Waals surface area contributed by atoms with Crippen molar-refractivity contribution in [1.82, 2.24) is 0 Å². The Balaban J connectivity index is 2.04. The molecule has 1 saturated carbocycles. The molecule has 3 atom stereocenters. The molecule has 0 N–H and O–H groups in total. The van der Waals surface area contributed by atoms with Gasteiger partial charge >= 0.3 is 5.97 Å². The minimum absolute atomic E-state index is 0.0157. The standard InChI is InChI=1S/C14H18O3/c1-8(2)10-3-4-11-13(16)17-12-7-9(15)5-6-14(10,11)12/h3,8,11-12H,4-7H2,1-2H3/t11-,12+,14-/m0/s1. The number of allylic oxidation sites excluding steroid dienone is 1. The van der Waals surface area contributed by atoms with Crippen molar-refractivity contribution in [3.8, 4) is 0 Å². The van der Waals surface area contributed by atoms with E-state index in [1.165, 1.54) is 5.57 Å². The van der Waals surface area contributed by atoms with Crippen molar-refractivity contribution in [3.63, 3.8) is 0 Å². The third kappa shape index (κ3) is 1.28. The quantitative estimate of drug-likeness (QED) is 0.516. The summed E-state index contributed by atoms with van der Waals surface area (Å²) in [6.45, 7) is 4.33. The third-order valence-corrected chi connectivity index (χ3v) is 4.70. The molecular formula is C14H18O3. The van der Waals surface area contributed by atoms with Gasteiger partial charge in [-0.25, -0.2) is 0 Å². The average molecular weight is 234 g/mol. The molecule has 3 rings (SSSR count). The number of Topliss-reactive ketones (excluding diaryl/α,β-unsaturated/α-hetero) is 1. The van der Waals surface area contributed by atoms with Gasteiger partial charge in [0.2, 0.25) is 0 Å². The molecule has 92 valence electrons. The second kappa shape index (κ2) is 3.44. The van der Waals surface area contributed by atoms with Crippen molar-refractivity contribution in [2.45, 2.75) is 45.6 Å². The first kappa shape index (κ1) is 11.0. The zero-order valence-corrected chi connectivity index (χ0v) is 10.4. The summed E-state index contributed by atoms with van der Waals surface area (Å²) in [4.78, 5) is 23.5. The second-order valence-electron chi connectivity index (χ2n) is 5.81. The minimum Gasteiger partial charge on any atom is -0.461 e. The summed E-state index contributed by atoms with van der Waals surface area (Å²) in [5, 5.41) is 0. The van der Waals surface area contributed by atoms with Crippen LogP contribution in [0.5, 0.6) is 0 Å². The predicted octanol–water partition coefficient (Wildman–Crippen LogP) is 2.25. The summed E-state index contributed by atoms with van der Waals surface area (Å²) in [6.07, 6.45) is 4.67. The van der Waals surface area contributed by atoms with Gasteiger partial charge in [-0.2, -0.15) is 0 Å². The number of rotatable bonds is 1. The first-order valence-electron chi connectivity index (χ1n) is 6.48. The van der Waals surface area contributed by atoms with Crippen molar-refractivity contribution in [2.75, 3.05) is 0 Å². The van der Waals surface area contributed by atoms with Crippen LogP contribution in [-0.2, 0) is 14.3 Å². The van der Waals surface area contributed by atoms with Crippen molar-refractivity contribution in [2.24, 2.45) is 17.3 Å². The molecule has 0 amide bonds. The Morgan fingerprint density at radius 1 is 1.41 bits per heavy atom. The molecule has 0 radical (unpaired) electrons. The highest BCUT2D eigenvalue weighted by Gasteiger charge is 2.62. The van der Waals surface area contributed by atoms with Crippen LogP contribution in [-0.4, -0.2) is 17.9 Å².